The summed E-state index contributed by atoms with van der Waals surface area (Å²) in [7, 11) is 0.793. The highest BCUT2D eigenvalue weighted by Gasteiger charge is 2.07. The number of hydrogen-bond acceptors (Lipinski definition) is 5. The number of anilines is 1. The number of nitrogens with zero attached hydrogens (tertiary/aromatic N) is 2. The smallest absolute Gasteiger partial charge is 0.271 e. The maximum atomic E-state index is 11.6. The predicted octanol–water partition coefficient (Wildman–Crippen LogP) is -0.373. The third-order valence-corrected chi connectivity index (χ3v) is 2.58. The van der Waals surface area contributed by atoms with Gasteiger partial charge in [-0.2, -0.15) is 0 Å². The maximum Gasteiger partial charge on any atom is 0.271 e. The van der Waals surface area contributed by atoms with Crippen LogP contribution in [0.2, 0.25) is 0 Å². The van der Waals surface area contributed by atoms with Crippen molar-refractivity contribution >= 4 is 22.5 Å². The van der Waals surface area contributed by atoms with Crippen LogP contribution in [0.15, 0.2) is 12.4 Å². The van der Waals surface area contributed by atoms with Crippen molar-refractivity contribution < 1.29 is 9.00 Å². The number of amides is 1. The van der Waals surface area contributed by atoms with Gasteiger partial charge in [-0.1, -0.05) is 0 Å². The van der Waals surface area contributed by atoms with E-state index in [-0.39, 0.29) is 11.6 Å². The third-order valence-electron chi connectivity index (χ3n) is 1.80. The van der Waals surface area contributed by atoms with Gasteiger partial charge in [-0.05, 0) is 0 Å². The zero-order valence-electron chi connectivity index (χ0n) is 9.19. The minimum absolute atomic E-state index is 0.244. The molecule has 1 aromatic rings. The third kappa shape index (κ3) is 3.93. The van der Waals surface area contributed by atoms with Gasteiger partial charge in [0.15, 0.2) is 0 Å². The van der Waals surface area contributed by atoms with Crippen molar-refractivity contribution in [2.75, 3.05) is 30.9 Å². The molecule has 2 N–H and O–H groups in total. The topological polar surface area (TPSA) is 84.0 Å². The van der Waals surface area contributed by atoms with E-state index >= 15 is 0 Å². The van der Waals surface area contributed by atoms with E-state index in [1.807, 2.05) is 0 Å². The number of carbonyl (C=O) groups excluding carboxylic acids is 1. The van der Waals surface area contributed by atoms with E-state index in [9.17, 15) is 9.00 Å². The molecule has 1 heterocycles. The van der Waals surface area contributed by atoms with Crippen molar-refractivity contribution in [1.82, 2.24) is 15.3 Å². The first-order valence-electron chi connectivity index (χ1n) is 4.71. The van der Waals surface area contributed by atoms with Crippen molar-refractivity contribution in [3.63, 3.8) is 0 Å². The van der Waals surface area contributed by atoms with Gasteiger partial charge in [0.2, 0.25) is 0 Å². The molecule has 0 saturated carbocycles. The van der Waals surface area contributed by atoms with Crippen LogP contribution < -0.4 is 10.6 Å². The molecule has 88 valence electrons. The van der Waals surface area contributed by atoms with E-state index in [2.05, 4.69) is 20.6 Å². The van der Waals surface area contributed by atoms with Crippen LogP contribution in [-0.2, 0) is 10.8 Å². The molecule has 0 aliphatic carbocycles. The summed E-state index contributed by atoms with van der Waals surface area (Å²) in [6, 6.07) is 0. The summed E-state index contributed by atoms with van der Waals surface area (Å²) in [6.45, 7) is 0.368. The Kier molecular flexibility index (Phi) is 4.84. The van der Waals surface area contributed by atoms with Gasteiger partial charge in [-0.15, -0.1) is 0 Å². The van der Waals surface area contributed by atoms with Gasteiger partial charge in [-0.25, -0.2) is 4.98 Å². The molecule has 7 heteroatoms. The standard InChI is InChI=1S/C9H14N4O2S/c1-10-8-6-11-5-7(13-8)9(14)12-3-4-16(2)15/h5-6H,3-4H2,1-2H3,(H,10,13)(H,12,14). The van der Waals surface area contributed by atoms with E-state index in [0.717, 1.165) is 0 Å². The van der Waals surface area contributed by atoms with E-state index < -0.39 is 10.8 Å². The molecule has 0 spiro atoms. The highest BCUT2D eigenvalue weighted by atomic mass is 32.2. The monoisotopic (exact) mass is 242 g/mol. The molecule has 1 atom stereocenters. The maximum absolute atomic E-state index is 11.6. The summed E-state index contributed by atoms with van der Waals surface area (Å²) in [6.07, 6.45) is 4.50. The quantitative estimate of drug-likeness (QED) is 0.735. The second kappa shape index (κ2) is 6.16. The van der Waals surface area contributed by atoms with Crippen LogP contribution in [0.1, 0.15) is 10.5 Å². The zero-order chi connectivity index (χ0) is 12.0. The number of rotatable bonds is 5. The lowest BCUT2D eigenvalue weighted by molar-refractivity contribution is 0.0951. The zero-order valence-corrected chi connectivity index (χ0v) is 10.0. The normalized spacial score (nSPS) is 11.9. The van der Waals surface area contributed by atoms with Crippen molar-refractivity contribution in [1.29, 1.82) is 0 Å². The molecule has 1 amide bonds. The van der Waals surface area contributed by atoms with Gasteiger partial charge < -0.3 is 10.6 Å². The average Bonchev–Trinajstić information content (AvgIpc) is 2.28. The molecule has 6 nitrogen and oxygen atoms in total. The van der Waals surface area contributed by atoms with Crippen LogP contribution in [0.25, 0.3) is 0 Å². The molecule has 16 heavy (non-hydrogen) atoms. The lowest BCUT2D eigenvalue weighted by Gasteiger charge is -2.04. The van der Waals surface area contributed by atoms with E-state index in [1.54, 1.807) is 13.3 Å². The van der Waals surface area contributed by atoms with Gasteiger partial charge in [0.25, 0.3) is 5.91 Å². The van der Waals surface area contributed by atoms with Gasteiger partial charge in [0.05, 0.1) is 12.4 Å². The van der Waals surface area contributed by atoms with Crippen molar-refractivity contribution in [2.24, 2.45) is 0 Å². The second-order valence-electron chi connectivity index (χ2n) is 3.07. The number of carbonyl (C=O) groups is 1. The number of hydrogen-bond donors (Lipinski definition) is 2. The van der Waals surface area contributed by atoms with Gasteiger partial charge >= 0.3 is 0 Å². The summed E-state index contributed by atoms with van der Waals surface area (Å²) in [4.78, 5) is 19.5. The largest absolute Gasteiger partial charge is 0.372 e. The molecule has 0 fully saturated rings. The lowest BCUT2D eigenvalue weighted by Crippen LogP contribution is -2.28. The SMILES string of the molecule is CNc1cncc(C(=O)NCCS(C)=O)n1. The first-order valence-corrected chi connectivity index (χ1v) is 6.44. The molecular weight excluding hydrogens is 228 g/mol. The average molecular weight is 242 g/mol. The minimum Gasteiger partial charge on any atom is -0.372 e. The fourth-order valence-corrected chi connectivity index (χ4v) is 1.38. The Balaban J connectivity index is 2.55. The van der Waals surface area contributed by atoms with Crippen LogP contribution >= 0.6 is 0 Å². The van der Waals surface area contributed by atoms with Crippen molar-refractivity contribution in [2.45, 2.75) is 0 Å². The van der Waals surface area contributed by atoms with Gasteiger partial charge in [-0.3, -0.25) is 14.0 Å². The highest BCUT2D eigenvalue weighted by Crippen LogP contribution is 2.00. The second-order valence-corrected chi connectivity index (χ2v) is 4.63. The fraction of sp³-hybridized carbons (Fsp3) is 0.444. The molecule has 1 rings (SSSR count). The Bertz CT molecular complexity index is 397. The van der Waals surface area contributed by atoms with E-state index in [4.69, 9.17) is 0 Å². The summed E-state index contributed by atoms with van der Waals surface area (Å²) < 4.78 is 10.8. The predicted molar refractivity (Wildman–Crippen MR) is 62.8 cm³/mol. The summed E-state index contributed by atoms with van der Waals surface area (Å²) >= 11 is 0. The first kappa shape index (κ1) is 12.6. The summed E-state index contributed by atoms with van der Waals surface area (Å²) in [5.74, 6) is 0.659. The molecule has 0 aromatic carbocycles. The Morgan fingerprint density at radius 1 is 1.50 bits per heavy atom. The molecule has 0 radical (unpaired) electrons. The van der Waals surface area contributed by atoms with E-state index in [0.29, 0.717) is 18.1 Å². The lowest BCUT2D eigenvalue weighted by atomic mass is 10.4. The minimum atomic E-state index is -0.907. The highest BCUT2D eigenvalue weighted by molar-refractivity contribution is 7.84. The Labute approximate surface area is 96.3 Å². The number of nitrogens with one attached hydrogen (secondary N) is 2. The van der Waals surface area contributed by atoms with Crippen LogP contribution in [-0.4, -0.2) is 45.7 Å². The van der Waals surface area contributed by atoms with Crippen molar-refractivity contribution in [3.8, 4) is 0 Å². The van der Waals surface area contributed by atoms with Gasteiger partial charge in [0, 0.05) is 36.4 Å². The van der Waals surface area contributed by atoms with Crippen LogP contribution in [0.4, 0.5) is 5.82 Å². The molecular formula is C9H14N4O2S. The van der Waals surface area contributed by atoms with Crippen molar-refractivity contribution in [3.05, 3.63) is 18.1 Å². The number of aromatic nitrogens is 2. The Morgan fingerprint density at radius 3 is 2.88 bits per heavy atom. The summed E-state index contributed by atoms with van der Waals surface area (Å²) in [5, 5.41) is 5.41. The fourth-order valence-electron chi connectivity index (χ4n) is 0.995. The molecule has 0 aliphatic heterocycles. The van der Waals surface area contributed by atoms with Crippen LogP contribution in [0.3, 0.4) is 0 Å². The first-order chi connectivity index (χ1) is 7.63. The van der Waals surface area contributed by atoms with Crippen LogP contribution in [0, 0.1) is 0 Å². The molecule has 0 bridgehead atoms. The Hall–Kier alpha value is -1.50. The molecule has 1 unspecified atom stereocenters. The van der Waals surface area contributed by atoms with E-state index in [1.165, 1.54) is 12.4 Å². The molecule has 0 aliphatic rings. The molecule has 1 aromatic heterocycles. The van der Waals surface area contributed by atoms with Gasteiger partial charge in [0.1, 0.15) is 11.5 Å². The van der Waals surface area contributed by atoms with Crippen LogP contribution in [0.5, 0.6) is 0 Å². The Morgan fingerprint density at radius 2 is 2.25 bits per heavy atom. The molecule has 0 saturated heterocycles. The summed E-state index contributed by atoms with van der Waals surface area (Å²) in [5.41, 5.74) is 0.244.